The Hall–Kier alpha value is 4.53. The van der Waals surface area contributed by atoms with Crippen LogP contribution in [0.5, 0.6) is 0 Å². The second-order valence-corrected chi connectivity index (χ2v) is 0. The zero-order valence-electron chi connectivity index (χ0n) is 4.39. The molecule has 0 fully saturated rings. The second-order valence-electron chi connectivity index (χ2n) is 0. The van der Waals surface area contributed by atoms with E-state index >= 15 is 0 Å². The van der Waals surface area contributed by atoms with Crippen molar-refractivity contribution in [3.05, 3.63) is 0 Å². The van der Waals surface area contributed by atoms with Gasteiger partial charge in [0, 0.05) is 0 Å². The summed E-state index contributed by atoms with van der Waals surface area (Å²) in [6.45, 7) is 0. The molecule has 0 heterocycles. The van der Waals surface area contributed by atoms with Crippen LogP contribution in [-0.4, -0.2) is 0 Å². The van der Waals surface area contributed by atoms with Gasteiger partial charge in [0.25, 0.3) is 0 Å². The monoisotopic (exact) mass is 640 g/mol. The predicted octanol–water partition coefficient (Wildman–Crippen LogP) is -0.837. The third-order valence-corrected chi connectivity index (χ3v) is 0. The van der Waals surface area contributed by atoms with E-state index in [4.69, 9.17) is 0 Å². The van der Waals surface area contributed by atoms with Gasteiger partial charge >= 0.3 is 146 Å². The fraction of sp³-hybridized carbons (Fsp3) is 0. The third-order valence-electron chi connectivity index (χ3n) is 0. The molecule has 0 aromatic rings. The molecule has 11 heteroatoms. The molecule has 0 aliphatic carbocycles. The largest absolute Gasteiger partial charge is 4.00 e. The van der Waals surface area contributed by atoms with Gasteiger partial charge in [-0.25, -0.2) is 0 Å². The van der Waals surface area contributed by atoms with Gasteiger partial charge in [-0.15, -0.1) is 0 Å². The first-order chi connectivity index (χ1) is 0. The molecule has 11 heavy (non-hydrogen) atoms. The average Bonchev–Trinajstić information content (AvgIpc) is 0. The number of rotatable bonds is 0. The van der Waals surface area contributed by atoms with E-state index in [1.165, 1.54) is 0 Å². The Kier molecular flexibility index (Phi) is 1890. The topological polar surface area (TPSA) is 200 Å². The van der Waals surface area contributed by atoms with Crippen LogP contribution in [0.2, 0.25) is 0 Å². The van der Waals surface area contributed by atoms with Gasteiger partial charge < -0.3 is 38.3 Å². The molecule has 78 valence electrons. The molecule has 0 saturated heterocycles. The van der Waals surface area contributed by atoms with E-state index in [9.17, 15) is 0 Å². The van der Waals surface area contributed by atoms with Crippen molar-refractivity contribution in [2.45, 2.75) is 0 Å². The van der Waals surface area contributed by atoms with Crippen LogP contribution in [0.1, 0.15) is 0 Å². The van der Waals surface area contributed by atoms with Crippen LogP contribution in [0.15, 0.2) is 0 Å². The molecule has 0 aliphatic rings. The number of hydrogen-bond donors (Lipinski definition) is 0. The van der Waals surface area contributed by atoms with Crippen molar-refractivity contribution in [2.24, 2.45) is 0 Å². The van der Waals surface area contributed by atoms with Crippen molar-refractivity contribution >= 4 is 0 Å². The van der Waals surface area contributed by atoms with Gasteiger partial charge in [-0.2, -0.15) is 0 Å². The van der Waals surface area contributed by atoms with E-state index in [0.717, 1.165) is 0 Å². The Morgan fingerprint density at radius 3 is 0.273 bits per heavy atom. The molecule has 0 amide bonds. The normalized spacial score (nSPS) is 0. The maximum absolute atomic E-state index is 0. The summed E-state index contributed by atoms with van der Waals surface area (Å²) < 4.78 is 0. The number of hydrogen-bond acceptors (Lipinski definition) is 0. The summed E-state index contributed by atoms with van der Waals surface area (Å²) in [7, 11) is 0. The Balaban J connectivity index is 0. The van der Waals surface area contributed by atoms with Gasteiger partial charge in [0.05, 0.1) is 0 Å². The summed E-state index contributed by atoms with van der Waals surface area (Å²) in [5.74, 6) is 0. The fourth-order valence-corrected chi connectivity index (χ4v) is 0. The van der Waals surface area contributed by atoms with Gasteiger partial charge in [0.2, 0.25) is 0 Å². The minimum Gasteiger partial charge on any atom is -2.00 e. The molecule has 0 bridgehead atoms. The Morgan fingerprint density at radius 2 is 0.273 bits per heavy atom. The van der Waals surface area contributed by atoms with Crippen LogP contribution >= 0.6 is 0 Å². The summed E-state index contributed by atoms with van der Waals surface area (Å²) in [6.07, 6.45) is 0. The molecule has 0 unspecified atom stereocenters. The van der Waals surface area contributed by atoms with Crippen LogP contribution in [0, 0.1) is 93.8 Å². The standard InChI is InChI=1S/7O.2Yb.2Zr/q7*-2;2*+3;2*+4. The van der Waals surface area contributed by atoms with Crippen LogP contribution in [0.4, 0.5) is 0 Å². The van der Waals surface area contributed by atoms with E-state index in [-0.39, 0.29) is 185 Å². The summed E-state index contributed by atoms with van der Waals surface area (Å²) in [5.41, 5.74) is 0. The quantitative estimate of drug-likeness (QED) is 0.319. The summed E-state index contributed by atoms with van der Waals surface area (Å²) >= 11 is 0. The Morgan fingerprint density at radius 1 is 0.273 bits per heavy atom. The van der Waals surface area contributed by atoms with Crippen molar-refractivity contribution in [1.29, 1.82) is 0 Å². The molecule has 0 N–H and O–H groups in total. The third kappa shape index (κ3) is 111. The molecule has 0 spiro atoms. The van der Waals surface area contributed by atoms with Crippen molar-refractivity contribution in [3.63, 3.8) is 0 Å². The van der Waals surface area contributed by atoms with E-state index in [2.05, 4.69) is 0 Å². The molecule has 0 atom stereocenters. The van der Waals surface area contributed by atoms with E-state index in [1.807, 2.05) is 0 Å². The maximum atomic E-state index is 0. The van der Waals surface area contributed by atoms with Crippen molar-refractivity contribution in [1.82, 2.24) is 0 Å². The molecular weight excluding hydrogens is 641 g/mol. The average molecular weight is 641 g/mol. The molecular formula is O7Yb2Zr2. The minimum atomic E-state index is 0. The molecule has 2 radical (unpaired) electrons. The molecule has 0 saturated carbocycles. The maximum Gasteiger partial charge on any atom is 4.00 e. The van der Waals surface area contributed by atoms with Gasteiger partial charge in [0.1, 0.15) is 0 Å². The van der Waals surface area contributed by atoms with Gasteiger partial charge in [-0.3, -0.25) is 0 Å². The fourth-order valence-electron chi connectivity index (χ4n) is 0. The molecule has 0 aromatic carbocycles. The molecule has 0 rings (SSSR count). The molecule has 0 aromatic heterocycles. The van der Waals surface area contributed by atoms with E-state index in [1.54, 1.807) is 0 Å². The first kappa shape index (κ1) is 160. The SMILES string of the molecule is [O-2].[O-2].[O-2].[O-2].[O-2].[O-2].[O-2].[Yb+3].[Yb+3].[Zr+4].[Zr+4]. The van der Waals surface area contributed by atoms with E-state index in [0.29, 0.717) is 0 Å². The first-order valence-corrected chi connectivity index (χ1v) is 0. The van der Waals surface area contributed by atoms with Crippen molar-refractivity contribution in [2.75, 3.05) is 0 Å². The van der Waals surface area contributed by atoms with Gasteiger partial charge in [0.15, 0.2) is 0 Å². The molecule has 7 nitrogen and oxygen atoms in total. The zero-order chi connectivity index (χ0) is 0. The summed E-state index contributed by atoms with van der Waals surface area (Å²) in [5, 5.41) is 0. The van der Waals surface area contributed by atoms with E-state index < -0.39 is 0 Å². The van der Waals surface area contributed by atoms with Crippen LogP contribution < -0.4 is 0 Å². The summed E-state index contributed by atoms with van der Waals surface area (Å²) in [6, 6.07) is 0. The second kappa shape index (κ2) is 130. The van der Waals surface area contributed by atoms with Crippen LogP contribution in [-0.2, 0) is 90.7 Å². The van der Waals surface area contributed by atoms with Crippen molar-refractivity contribution < 1.29 is 185 Å². The van der Waals surface area contributed by atoms with Gasteiger partial charge in [-0.1, -0.05) is 0 Å². The van der Waals surface area contributed by atoms with Crippen LogP contribution in [0.25, 0.3) is 0 Å². The zero-order valence-corrected chi connectivity index (χ0v) is 12.7. The van der Waals surface area contributed by atoms with Crippen LogP contribution in [0.3, 0.4) is 0 Å². The predicted molar refractivity (Wildman–Crippen MR) is 4.81 cm³/mol. The summed E-state index contributed by atoms with van der Waals surface area (Å²) in [4.78, 5) is 0. The Labute approximate surface area is 180 Å². The smallest absolute Gasteiger partial charge is 2.00 e. The van der Waals surface area contributed by atoms with Gasteiger partial charge in [-0.05, 0) is 0 Å². The molecule has 0 aliphatic heterocycles. The Bertz CT molecular complexity index is 14.4. The minimum absolute atomic E-state index is 0. The first-order valence-electron chi connectivity index (χ1n) is 0. The van der Waals surface area contributed by atoms with Crippen molar-refractivity contribution in [3.8, 4) is 0 Å².